The lowest BCUT2D eigenvalue weighted by Gasteiger charge is -2.04. The number of nitrogens with two attached hydrogens (primary N) is 1. The van der Waals surface area contributed by atoms with Crippen molar-refractivity contribution in [1.82, 2.24) is 9.78 Å². The second-order valence-electron chi connectivity index (χ2n) is 4.45. The number of rotatable bonds is 2. The van der Waals surface area contributed by atoms with Crippen molar-refractivity contribution < 1.29 is 0 Å². The fourth-order valence-corrected chi connectivity index (χ4v) is 2.76. The molecule has 0 aliphatic heterocycles. The van der Waals surface area contributed by atoms with Crippen molar-refractivity contribution in [1.29, 1.82) is 0 Å². The van der Waals surface area contributed by atoms with Crippen molar-refractivity contribution in [3.05, 3.63) is 63.7 Å². The van der Waals surface area contributed by atoms with Crippen molar-refractivity contribution >= 4 is 40.5 Å². The van der Waals surface area contributed by atoms with Gasteiger partial charge in [-0.25, -0.2) is 4.68 Å². The summed E-state index contributed by atoms with van der Waals surface area (Å²) in [6.07, 6.45) is 1.71. The number of aromatic nitrogens is 2. The van der Waals surface area contributed by atoms with Crippen molar-refractivity contribution in [2.45, 2.75) is 0 Å². The molecule has 0 amide bonds. The third-order valence-corrected chi connectivity index (χ3v) is 3.90. The lowest BCUT2D eigenvalue weighted by Crippen LogP contribution is -1.95. The van der Waals surface area contributed by atoms with Crippen molar-refractivity contribution in [2.75, 3.05) is 5.73 Å². The van der Waals surface area contributed by atoms with Crippen molar-refractivity contribution in [3.63, 3.8) is 0 Å². The predicted molar refractivity (Wildman–Crippen MR) is 88.4 cm³/mol. The Labute approximate surface area is 136 Å². The summed E-state index contributed by atoms with van der Waals surface area (Å²) in [5.74, 6) is 0. The van der Waals surface area contributed by atoms with E-state index in [1.54, 1.807) is 35.1 Å². The number of anilines is 1. The van der Waals surface area contributed by atoms with Crippen LogP contribution < -0.4 is 5.73 Å². The molecule has 0 saturated heterocycles. The predicted octanol–water partition coefficient (Wildman–Crippen LogP) is 5.08. The zero-order valence-electron chi connectivity index (χ0n) is 10.7. The summed E-state index contributed by atoms with van der Waals surface area (Å²) in [5, 5.41) is 6.13. The molecule has 0 saturated carbocycles. The molecule has 0 fully saturated rings. The summed E-state index contributed by atoms with van der Waals surface area (Å²) < 4.78 is 1.64. The van der Waals surface area contributed by atoms with Gasteiger partial charge in [-0.05, 0) is 30.3 Å². The van der Waals surface area contributed by atoms with E-state index in [9.17, 15) is 0 Å². The molecule has 0 atom stereocenters. The van der Waals surface area contributed by atoms with Gasteiger partial charge in [-0.1, -0.05) is 46.9 Å². The van der Waals surface area contributed by atoms with E-state index in [2.05, 4.69) is 5.10 Å². The lowest BCUT2D eigenvalue weighted by molar-refractivity contribution is 0.885. The maximum Gasteiger partial charge on any atom is 0.117 e. The highest BCUT2D eigenvalue weighted by Crippen LogP contribution is 2.33. The van der Waals surface area contributed by atoms with Crippen molar-refractivity contribution in [2.24, 2.45) is 0 Å². The first kappa shape index (κ1) is 14.3. The Morgan fingerprint density at radius 2 is 1.71 bits per heavy atom. The Kier molecular flexibility index (Phi) is 3.81. The maximum atomic E-state index is 6.21. The SMILES string of the molecule is Nc1cn(-c2ccccc2Cl)nc1-c1ccc(Cl)cc1Cl. The molecule has 2 aromatic carbocycles. The van der Waals surface area contributed by atoms with Crippen LogP contribution in [0.4, 0.5) is 5.69 Å². The Morgan fingerprint density at radius 3 is 2.43 bits per heavy atom. The Hall–Kier alpha value is -1.68. The van der Waals surface area contributed by atoms with Crippen LogP contribution in [0.15, 0.2) is 48.7 Å². The zero-order valence-corrected chi connectivity index (χ0v) is 13.0. The van der Waals surface area contributed by atoms with Crippen LogP contribution >= 0.6 is 34.8 Å². The van der Waals surface area contributed by atoms with Gasteiger partial charge < -0.3 is 5.73 Å². The topological polar surface area (TPSA) is 43.8 Å². The van der Waals surface area contributed by atoms with Crippen LogP contribution in [0.5, 0.6) is 0 Å². The average Bonchev–Trinajstić information content (AvgIpc) is 2.81. The molecular formula is C15H10Cl3N3. The molecule has 0 radical (unpaired) electrons. The number of nitrogens with zero attached hydrogens (tertiary/aromatic N) is 2. The minimum Gasteiger partial charge on any atom is -0.396 e. The standard InChI is InChI=1S/C15H10Cl3N3/c16-9-5-6-10(12(18)7-9)15-13(19)8-21(20-15)14-4-2-1-3-11(14)17/h1-8H,19H2. The average molecular weight is 339 g/mol. The fraction of sp³-hybridized carbons (Fsp3) is 0. The van der Waals surface area contributed by atoms with Gasteiger partial charge in [0.25, 0.3) is 0 Å². The number of hydrogen-bond donors (Lipinski definition) is 1. The second-order valence-corrected chi connectivity index (χ2v) is 5.70. The molecule has 2 N–H and O–H groups in total. The van der Waals surface area contributed by atoms with Gasteiger partial charge in [0.2, 0.25) is 0 Å². The smallest absolute Gasteiger partial charge is 0.117 e. The number of nitrogen functional groups attached to an aromatic ring is 1. The van der Waals surface area contributed by atoms with Gasteiger partial charge >= 0.3 is 0 Å². The fourth-order valence-electron chi connectivity index (χ4n) is 2.04. The van der Waals surface area contributed by atoms with Gasteiger partial charge in [-0.15, -0.1) is 0 Å². The van der Waals surface area contributed by atoms with Crippen LogP contribution in [-0.4, -0.2) is 9.78 Å². The highest BCUT2D eigenvalue weighted by molar-refractivity contribution is 6.36. The van der Waals surface area contributed by atoms with E-state index in [1.807, 2.05) is 18.2 Å². The van der Waals surface area contributed by atoms with Crippen LogP contribution in [0, 0.1) is 0 Å². The molecule has 6 heteroatoms. The Balaban J connectivity index is 2.12. The molecule has 0 aliphatic carbocycles. The van der Waals surface area contributed by atoms with Crippen LogP contribution in [0.2, 0.25) is 15.1 Å². The maximum absolute atomic E-state index is 6.21. The first-order valence-corrected chi connectivity index (χ1v) is 7.25. The first-order valence-electron chi connectivity index (χ1n) is 6.12. The van der Waals surface area contributed by atoms with E-state index in [0.29, 0.717) is 26.4 Å². The van der Waals surface area contributed by atoms with Gasteiger partial charge in [-0.2, -0.15) is 5.10 Å². The van der Waals surface area contributed by atoms with E-state index >= 15 is 0 Å². The van der Waals surface area contributed by atoms with E-state index in [-0.39, 0.29) is 0 Å². The molecule has 21 heavy (non-hydrogen) atoms. The van der Waals surface area contributed by atoms with Gasteiger partial charge in [0.05, 0.1) is 27.6 Å². The van der Waals surface area contributed by atoms with Crippen LogP contribution in [0.25, 0.3) is 16.9 Å². The molecule has 106 valence electrons. The zero-order chi connectivity index (χ0) is 15.0. The third-order valence-electron chi connectivity index (χ3n) is 3.03. The molecule has 0 aliphatic rings. The second kappa shape index (κ2) is 5.60. The molecule has 0 bridgehead atoms. The normalized spacial score (nSPS) is 10.8. The summed E-state index contributed by atoms with van der Waals surface area (Å²) in [6, 6.07) is 12.6. The molecule has 1 aromatic heterocycles. The van der Waals surface area contributed by atoms with Gasteiger partial charge in [0, 0.05) is 10.6 Å². The van der Waals surface area contributed by atoms with Crippen LogP contribution in [0.3, 0.4) is 0 Å². The minimum absolute atomic E-state index is 0.499. The molecule has 3 aromatic rings. The van der Waals surface area contributed by atoms with E-state index in [4.69, 9.17) is 40.5 Å². The summed E-state index contributed by atoms with van der Waals surface area (Å²) in [7, 11) is 0. The third kappa shape index (κ3) is 2.72. The molecule has 3 nitrogen and oxygen atoms in total. The summed E-state index contributed by atoms with van der Waals surface area (Å²) in [6.45, 7) is 0. The minimum atomic E-state index is 0.499. The highest BCUT2D eigenvalue weighted by atomic mass is 35.5. The van der Waals surface area contributed by atoms with E-state index in [0.717, 1.165) is 11.3 Å². The monoisotopic (exact) mass is 337 g/mol. The number of benzene rings is 2. The molecule has 3 rings (SSSR count). The number of halogens is 3. The van der Waals surface area contributed by atoms with Crippen LogP contribution in [-0.2, 0) is 0 Å². The number of para-hydroxylation sites is 1. The Morgan fingerprint density at radius 1 is 0.952 bits per heavy atom. The highest BCUT2D eigenvalue weighted by Gasteiger charge is 2.14. The molecule has 0 unspecified atom stereocenters. The summed E-state index contributed by atoms with van der Waals surface area (Å²) >= 11 is 18.3. The van der Waals surface area contributed by atoms with Crippen molar-refractivity contribution in [3.8, 4) is 16.9 Å². The number of hydrogen-bond acceptors (Lipinski definition) is 2. The first-order chi connectivity index (χ1) is 10.1. The largest absolute Gasteiger partial charge is 0.396 e. The summed E-state index contributed by atoms with van der Waals surface area (Å²) in [5.41, 5.74) is 8.64. The molecule has 1 heterocycles. The van der Waals surface area contributed by atoms with Gasteiger partial charge in [-0.3, -0.25) is 0 Å². The van der Waals surface area contributed by atoms with Crippen LogP contribution in [0.1, 0.15) is 0 Å². The molecular weight excluding hydrogens is 329 g/mol. The van der Waals surface area contributed by atoms with E-state index < -0.39 is 0 Å². The Bertz CT molecular complexity index is 812. The van der Waals surface area contributed by atoms with Gasteiger partial charge in [0.1, 0.15) is 5.69 Å². The van der Waals surface area contributed by atoms with Gasteiger partial charge in [0.15, 0.2) is 0 Å². The quantitative estimate of drug-likeness (QED) is 0.708. The summed E-state index contributed by atoms with van der Waals surface area (Å²) in [4.78, 5) is 0. The lowest BCUT2D eigenvalue weighted by atomic mass is 10.1. The van der Waals surface area contributed by atoms with E-state index in [1.165, 1.54) is 0 Å². The molecule has 0 spiro atoms.